The van der Waals surface area contributed by atoms with Crippen LogP contribution in [-0.4, -0.2) is 86.5 Å². The number of rotatable bonds is 23. The van der Waals surface area contributed by atoms with Crippen molar-refractivity contribution in [3.05, 3.63) is 341 Å². The van der Waals surface area contributed by atoms with Gasteiger partial charge in [-0.3, -0.25) is 53.8 Å². The Hall–Kier alpha value is -9.75. The van der Waals surface area contributed by atoms with Crippen LogP contribution in [0.4, 0.5) is 17.1 Å². The molecule has 0 aliphatic carbocycles. The number of nitro groups is 2. The van der Waals surface area contributed by atoms with E-state index >= 15 is 0 Å². The number of non-ortho nitro benzene ring substituents is 2. The molecule has 0 aliphatic rings. The highest BCUT2D eigenvalue weighted by atomic mass is 35.5. The number of nitrogens with two attached hydrogens (primary N) is 1. The predicted octanol–water partition coefficient (Wildman–Crippen LogP) is 17.9. The summed E-state index contributed by atoms with van der Waals surface area (Å²) in [5.41, 5.74) is 13.3. The molecule has 12 rings (SSSR count). The third-order valence-corrected chi connectivity index (χ3v) is 23.2. The molecule has 9 N–H and O–H groups in total. The SMILES string of the molecule is CC(=O)Cc1cc(=O)[nH]c(SCc2cc(C#N)ccc2Cl)n1.Cc1cc(=O)[nH]c(SCc2c(Cl)ccc(Cl)c2Cl)n1.Cc1cc(=O)[nH]c(SCc2cc([N+](=O)[O-])ccc2Cl)n1.Cc1cc(=O)[nH]c(SCc2ccc(C(=O)O)cc2Cl)n1.Cc1cc(=O)[nH]c(SCc2ccc([N+](=O)[O-])cc2Cl)n1.Nc1cccc(Cl)c1CSc1nccc(=O)[nH]1. The molecular formula is C75H62Cl8N16O13S6. The molecule has 43 heteroatoms. The number of halogens is 8. The monoisotopic (exact) mass is 1870 g/mol. The van der Waals surface area contributed by atoms with Gasteiger partial charge in [0.15, 0.2) is 30.9 Å². The second kappa shape index (κ2) is 47.1. The number of carboxylic acid groups (broad SMARTS) is 1. The topological polar surface area (TPSA) is 465 Å². The van der Waals surface area contributed by atoms with E-state index in [-0.39, 0.29) is 62.5 Å². The maximum Gasteiger partial charge on any atom is 0.335 e. The molecule has 0 saturated heterocycles. The highest BCUT2D eigenvalue weighted by Crippen LogP contribution is 2.36. The fourth-order valence-corrected chi connectivity index (χ4v) is 17.1. The molecule has 0 amide bonds. The highest BCUT2D eigenvalue weighted by molar-refractivity contribution is 7.99. The van der Waals surface area contributed by atoms with Crippen LogP contribution in [0.3, 0.4) is 0 Å². The number of nitrogen functional groups attached to an aromatic ring is 1. The summed E-state index contributed by atoms with van der Waals surface area (Å²) in [7, 11) is 0. The minimum Gasteiger partial charge on any atom is -0.478 e. The van der Waals surface area contributed by atoms with E-state index in [0.717, 1.165) is 27.8 Å². The van der Waals surface area contributed by atoms with Gasteiger partial charge in [-0.1, -0.05) is 176 Å². The van der Waals surface area contributed by atoms with Gasteiger partial charge in [0.2, 0.25) is 0 Å². The van der Waals surface area contributed by atoms with E-state index in [1.807, 2.05) is 0 Å². The summed E-state index contributed by atoms with van der Waals surface area (Å²) in [6.07, 6.45) is 1.60. The molecule has 0 fully saturated rings. The number of aryl methyl sites for hydroxylation is 4. The van der Waals surface area contributed by atoms with Gasteiger partial charge in [-0.15, -0.1) is 0 Å². The number of aromatic carboxylic acids is 1. The zero-order chi connectivity index (χ0) is 86.4. The lowest BCUT2D eigenvalue weighted by molar-refractivity contribution is -0.385. The molecule has 0 radical (unpaired) electrons. The number of aromatic amines is 6. The molecule has 118 heavy (non-hydrogen) atoms. The number of nitrogens with one attached hydrogen (secondary N) is 6. The molecular weight excluding hydrogens is 1810 g/mol. The Morgan fingerprint density at radius 1 is 0.441 bits per heavy atom. The summed E-state index contributed by atoms with van der Waals surface area (Å²) in [5, 5.41) is 45.8. The number of anilines is 1. The van der Waals surface area contributed by atoms with E-state index < -0.39 is 15.8 Å². The molecule has 0 saturated carbocycles. The van der Waals surface area contributed by atoms with Crippen molar-refractivity contribution in [3.63, 3.8) is 0 Å². The number of carbonyl (C=O) groups excluding carboxylic acids is 1. The number of H-pyrrole nitrogens is 6. The molecule has 6 heterocycles. The normalized spacial score (nSPS) is 10.5. The molecule has 0 aliphatic heterocycles. The average molecular weight is 1870 g/mol. The summed E-state index contributed by atoms with van der Waals surface area (Å²) < 4.78 is 0. The number of nitro benzene ring substituents is 2. The Kier molecular flexibility index (Phi) is 38.1. The zero-order valence-corrected chi connectivity index (χ0v) is 72.7. The van der Waals surface area contributed by atoms with Crippen LogP contribution in [-0.2, 0) is 45.7 Å². The first-order valence-corrected chi connectivity index (χ1v) is 42.4. The first-order chi connectivity index (χ1) is 56.0. The summed E-state index contributed by atoms with van der Waals surface area (Å²) in [6, 6.07) is 37.2. The van der Waals surface area contributed by atoms with Gasteiger partial charge in [0, 0.05) is 173 Å². The van der Waals surface area contributed by atoms with Crippen molar-refractivity contribution in [2.24, 2.45) is 0 Å². The number of aromatic nitrogens is 12. The fourth-order valence-electron chi connectivity index (χ4n) is 9.20. The Labute approximate surface area is 734 Å². The van der Waals surface area contributed by atoms with Gasteiger partial charge in [0.05, 0.1) is 47.8 Å². The van der Waals surface area contributed by atoms with Crippen molar-refractivity contribution in [2.75, 3.05) is 5.73 Å². The fraction of sp³-hybridized carbons (Fsp3) is 0.160. The lowest BCUT2D eigenvalue weighted by Gasteiger charge is -2.08. The number of nitriles is 1. The molecule has 0 bridgehead atoms. The van der Waals surface area contributed by atoms with Crippen molar-refractivity contribution in [3.8, 4) is 6.07 Å². The van der Waals surface area contributed by atoms with Gasteiger partial charge in [-0.05, 0) is 124 Å². The number of Topliss-reactive ketones (excluding diaryl/α,β-unsaturated/α-hetero) is 1. The van der Waals surface area contributed by atoms with Gasteiger partial charge in [0.25, 0.3) is 44.7 Å². The van der Waals surface area contributed by atoms with Gasteiger partial charge < -0.3 is 40.7 Å². The highest BCUT2D eigenvalue weighted by Gasteiger charge is 2.17. The summed E-state index contributed by atoms with van der Waals surface area (Å²) in [4.78, 5) is 151. The lowest BCUT2D eigenvalue weighted by atomic mass is 10.1. The number of nitrogens with zero attached hydrogens (tertiary/aromatic N) is 9. The van der Waals surface area contributed by atoms with Crippen molar-refractivity contribution >= 4 is 192 Å². The molecule has 0 unspecified atom stereocenters. The Balaban J connectivity index is 0.000000196. The number of ketones is 1. The third kappa shape index (κ3) is 32.2. The van der Waals surface area contributed by atoms with Gasteiger partial charge >= 0.3 is 5.97 Å². The molecule has 6 aromatic heterocycles. The largest absolute Gasteiger partial charge is 0.478 e. The number of thioether (sulfide) groups is 6. The smallest absolute Gasteiger partial charge is 0.335 e. The zero-order valence-electron chi connectivity index (χ0n) is 61.7. The van der Waals surface area contributed by atoms with Crippen molar-refractivity contribution in [1.82, 2.24) is 59.8 Å². The second-order valence-corrected chi connectivity index (χ2v) is 32.9. The van der Waals surface area contributed by atoms with Crippen LogP contribution in [0.5, 0.6) is 0 Å². The average Bonchev–Trinajstić information content (AvgIpc) is 0.843. The molecule has 12 aromatic rings. The molecule has 0 spiro atoms. The Bertz CT molecular complexity index is 5960. The summed E-state index contributed by atoms with van der Waals surface area (Å²) >= 11 is 56.2. The van der Waals surface area contributed by atoms with Crippen LogP contribution >= 0.6 is 163 Å². The van der Waals surface area contributed by atoms with Crippen LogP contribution in [0.1, 0.15) is 84.7 Å². The van der Waals surface area contributed by atoms with Crippen LogP contribution in [0.25, 0.3) is 0 Å². The van der Waals surface area contributed by atoms with Crippen LogP contribution < -0.4 is 39.1 Å². The molecule has 6 aromatic carbocycles. The standard InChI is InChI=1S/C15H12ClN3O2S.C13H11ClN2O3S.C12H9Cl3N2OS.2C12H10ClN3O3S.C11H10ClN3OS/c1-9(20)4-12-6-14(21)19-15(18-12)22-8-11-5-10(7-17)2-3-13(11)16;1-7-4-11(17)16-13(15-7)20-6-9-3-2-8(12(18)19)5-10(9)14;1-6-4-10(18)17-12(16-6)19-5-7-8(13)2-3-9(14)11(7)15;1-7-4-11(17)15-12(14-7)20-6-8-5-9(16(18)19)2-3-10(8)13;1-7-4-11(17)15-12(14-7)20-6-8-2-3-9(16(18)19)5-10(8)13;12-8-2-1-3-9(13)7(8)6-17-11-14-5-4-10(16)15-11/h2-3,5-6H,4,8H2,1H3,(H,18,19,21);2-5H,6H2,1H3,(H,18,19)(H,15,16,17);2-4H,5H2,1H3,(H,16,17,18);2*2-5H,6H2,1H3,(H,14,15,17);1-5H,6,13H2,(H,14,15,16). The number of carbonyl (C=O) groups is 2. The van der Waals surface area contributed by atoms with Gasteiger partial charge in [-0.2, -0.15) is 5.26 Å². The third-order valence-electron chi connectivity index (χ3n) is 14.7. The van der Waals surface area contributed by atoms with E-state index in [1.165, 1.54) is 163 Å². The van der Waals surface area contributed by atoms with Gasteiger partial charge in [0.1, 0.15) is 5.78 Å². The van der Waals surface area contributed by atoms with E-state index in [2.05, 4.69) is 65.9 Å². The van der Waals surface area contributed by atoms with E-state index in [9.17, 15) is 58.6 Å². The maximum absolute atomic E-state index is 11.6. The number of carboxylic acids is 1. The van der Waals surface area contributed by atoms with Crippen LogP contribution in [0, 0.1) is 59.3 Å². The van der Waals surface area contributed by atoms with Gasteiger partial charge in [-0.25, -0.2) is 34.7 Å². The van der Waals surface area contributed by atoms with Crippen molar-refractivity contribution < 1.29 is 24.5 Å². The van der Waals surface area contributed by atoms with E-state index in [4.69, 9.17) is 109 Å². The van der Waals surface area contributed by atoms with E-state index in [0.29, 0.717) is 151 Å². The first kappa shape index (κ1) is 95.4. The van der Waals surface area contributed by atoms with Crippen molar-refractivity contribution in [1.29, 1.82) is 5.26 Å². The molecule has 0 atom stereocenters. The Morgan fingerprint density at radius 2 is 0.839 bits per heavy atom. The summed E-state index contributed by atoms with van der Waals surface area (Å²) in [5.74, 6) is 1.76. The lowest BCUT2D eigenvalue weighted by Crippen LogP contribution is -2.12. The predicted molar refractivity (Wildman–Crippen MR) is 468 cm³/mol. The maximum atomic E-state index is 11.6. The minimum absolute atomic E-state index is 0.0179. The van der Waals surface area contributed by atoms with Crippen LogP contribution in [0.15, 0.2) is 205 Å². The van der Waals surface area contributed by atoms with Crippen molar-refractivity contribution in [2.45, 2.75) is 106 Å². The molecule has 29 nitrogen and oxygen atoms in total. The second-order valence-electron chi connectivity index (χ2n) is 23.9. The molecule has 612 valence electrons. The number of benzene rings is 6. The Morgan fingerprint density at radius 3 is 1.30 bits per heavy atom. The first-order valence-electron chi connectivity index (χ1n) is 33.4. The number of hydrogen-bond acceptors (Lipinski definition) is 26. The quantitative estimate of drug-likeness (QED) is 0.00736. The minimum atomic E-state index is -1.02. The number of hydrogen-bond donors (Lipinski definition) is 8. The summed E-state index contributed by atoms with van der Waals surface area (Å²) in [6.45, 7) is 8.41. The van der Waals surface area contributed by atoms with Crippen LogP contribution in [0.2, 0.25) is 40.2 Å². The van der Waals surface area contributed by atoms with E-state index in [1.54, 1.807) is 88.4 Å².